The summed E-state index contributed by atoms with van der Waals surface area (Å²) in [5.41, 5.74) is 4.84. The molecule has 0 aliphatic carbocycles. The molecule has 0 saturated carbocycles. The van der Waals surface area contributed by atoms with E-state index in [0.717, 1.165) is 21.3 Å². The minimum atomic E-state index is 0.919. The van der Waals surface area contributed by atoms with Gasteiger partial charge in [0, 0.05) is 0 Å². The van der Waals surface area contributed by atoms with Gasteiger partial charge < -0.3 is 4.74 Å². The van der Waals surface area contributed by atoms with Gasteiger partial charge in [0.2, 0.25) is 0 Å². The number of para-hydroxylation sites is 1. The van der Waals surface area contributed by atoms with E-state index in [9.17, 15) is 0 Å². The van der Waals surface area contributed by atoms with E-state index in [1.807, 2.05) is 12.1 Å². The lowest BCUT2D eigenvalue weighted by atomic mass is 9.91. The topological polar surface area (TPSA) is 9.23 Å². The summed E-state index contributed by atoms with van der Waals surface area (Å²) in [6.45, 7) is 0. The third-order valence-electron chi connectivity index (χ3n) is 7.51. The fourth-order valence-electron chi connectivity index (χ4n) is 5.67. The SMILES string of the molecule is c1cc(-c2ccc3c(c2)Sc2ccccc2O3)cc(-c2ccc3c4ccccc4c4ccccc4c3c2)c1. The van der Waals surface area contributed by atoms with Crippen LogP contribution in [-0.4, -0.2) is 0 Å². The van der Waals surface area contributed by atoms with Gasteiger partial charge in [-0.2, -0.15) is 0 Å². The number of hydrogen-bond acceptors (Lipinski definition) is 2. The third kappa shape index (κ3) is 3.42. The summed E-state index contributed by atoms with van der Waals surface area (Å²) in [5, 5.41) is 7.80. The van der Waals surface area contributed by atoms with Crippen molar-refractivity contribution in [3.63, 3.8) is 0 Å². The van der Waals surface area contributed by atoms with Crippen molar-refractivity contribution in [3.05, 3.63) is 133 Å². The smallest absolute Gasteiger partial charge is 0.141 e. The van der Waals surface area contributed by atoms with Crippen LogP contribution in [-0.2, 0) is 0 Å². The molecule has 0 unspecified atom stereocenters. The average Bonchev–Trinajstić information content (AvgIpc) is 2.99. The van der Waals surface area contributed by atoms with Crippen molar-refractivity contribution in [2.24, 2.45) is 0 Å². The molecule has 1 aliphatic heterocycles. The van der Waals surface area contributed by atoms with Crippen LogP contribution in [0.5, 0.6) is 11.5 Å². The average molecular weight is 503 g/mol. The van der Waals surface area contributed by atoms with Gasteiger partial charge in [0.25, 0.3) is 0 Å². The highest BCUT2D eigenvalue weighted by molar-refractivity contribution is 7.99. The second-order valence-electron chi connectivity index (χ2n) is 9.74. The Morgan fingerprint density at radius 2 is 0.868 bits per heavy atom. The van der Waals surface area contributed by atoms with Crippen molar-refractivity contribution in [1.29, 1.82) is 0 Å². The first-order valence-electron chi connectivity index (χ1n) is 12.8. The Morgan fingerprint density at radius 1 is 0.342 bits per heavy atom. The second kappa shape index (κ2) is 8.51. The highest BCUT2D eigenvalue weighted by Gasteiger charge is 2.18. The van der Waals surface area contributed by atoms with Gasteiger partial charge >= 0.3 is 0 Å². The van der Waals surface area contributed by atoms with Crippen LogP contribution in [0.25, 0.3) is 54.6 Å². The number of fused-ring (bicyclic) bond motifs is 8. The third-order valence-corrected chi connectivity index (χ3v) is 8.60. The summed E-state index contributed by atoms with van der Waals surface area (Å²) in [4.78, 5) is 2.30. The Balaban J connectivity index is 1.24. The van der Waals surface area contributed by atoms with E-state index in [4.69, 9.17) is 4.74 Å². The molecular formula is C36H22OS. The predicted octanol–water partition coefficient (Wildman–Crippen LogP) is 10.7. The summed E-state index contributed by atoms with van der Waals surface area (Å²) >= 11 is 1.77. The molecule has 178 valence electrons. The fourth-order valence-corrected chi connectivity index (χ4v) is 6.66. The van der Waals surface area contributed by atoms with Crippen LogP contribution < -0.4 is 4.74 Å². The Kier molecular flexibility index (Phi) is 4.83. The Morgan fingerprint density at radius 3 is 1.61 bits per heavy atom. The van der Waals surface area contributed by atoms with Crippen molar-refractivity contribution >= 4 is 44.1 Å². The largest absolute Gasteiger partial charge is 0.455 e. The molecule has 38 heavy (non-hydrogen) atoms. The maximum absolute atomic E-state index is 6.15. The molecule has 0 radical (unpaired) electrons. The van der Waals surface area contributed by atoms with Gasteiger partial charge in [-0.3, -0.25) is 0 Å². The highest BCUT2D eigenvalue weighted by Crippen LogP contribution is 2.48. The second-order valence-corrected chi connectivity index (χ2v) is 10.8. The summed E-state index contributed by atoms with van der Waals surface area (Å²) in [6, 6.07) is 48.0. The quantitative estimate of drug-likeness (QED) is 0.217. The summed E-state index contributed by atoms with van der Waals surface area (Å²) in [6.07, 6.45) is 0. The van der Waals surface area contributed by atoms with Crippen LogP contribution in [0, 0.1) is 0 Å². The van der Waals surface area contributed by atoms with Gasteiger partial charge in [-0.1, -0.05) is 109 Å². The molecule has 8 rings (SSSR count). The van der Waals surface area contributed by atoms with Gasteiger partial charge in [-0.05, 0) is 91.0 Å². The molecule has 0 aromatic heterocycles. The van der Waals surface area contributed by atoms with Gasteiger partial charge in [-0.15, -0.1) is 0 Å². The maximum Gasteiger partial charge on any atom is 0.141 e. The standard InChI is InChI=1S/C36H22OS/c1-2-12-29-27(10-1)28-11-3-4-13-30(28)32-21-25(16-18-31(29)32)23-8-7-9-24(20-23)26-17-19-34-36(22-26)38-35-15-6-5-14-33(35)37-34/h1-22H. The lowest BCUT2D eigenvalue weighted by molar-refractivity contribution is 0.454. The summed E-state index contributed by atoms with van der Waals surface area (Å²) in [5.74, 6) is 1.85. The Bertz CT molecular complexity index is 2000. The molecule has 0 bridgehead atoms. The van der Waals surface area contributed by atoms with Crippen LogP contribution in [0.2, 0.25) is 0 Å². The van der Waals surface area contributed by atoms with Crippen molar-refractivity contribution in [2.75, 3.05) is 0 Å². The van der Waals surface area contributed by atoms with Crippen molar-refractivity contribution in [1.82, 2.24) is 0 Å². The fraction of sp³-hybridized carbons (Fsp3) is 0. The van der Waals surface area contributed by atoms with Gasteiger partial charge in [0.1, 0.15) is 11.5 Å². The molecule has 1 nitrogen and oxygen atoms in total. The van der Waals surface area contributed by atoms with Gasteiger partial charge in [-0.25, -0.2) is 0 Å². The van der Waals surface area contributed by atoms with E-state index >= 15 is 0 Å². The lowest BCUT2D eigenvalue weighted by Crippen LogP contribution is -1.95. The maximum atomic E-state index is 6.15. The number of ether oxygens (including phenoxy) is 1. The lowest BCUT2D eigenvalue weighted by Gasteiger charge is -2.20. The van der Waals surface area contributed by atoms with Crippen molar-refractivity contribution in [2.45, 2.75) is 9.79 Å². The molecule has 0 amide bonds. The molecule has 0 saturated heterocycles. The number of hydrogen-bond donors (Lipinski definition) is 0. The Hall–Kier alpha value is -4.53. The van der Waals surface area contributed by atoms with Crippen molar-refractivity contribution in [3.8, 4) is 33.8 Å². The van der Waals surface area contributed by atoms with E-state index in [0.29, 0.717) is 0 Å². The first-order valence-corrected chi connectivity index (χ1v) is 13.7. The van der Waals surface area contributed by atoms with Crippen LogP contribution in [0.3, 0.4) is 0 Å². The molecule has 1 aliphatic rings. The van der Waals surface area contributed by atoms with E-state index in [1.54, 1.807) is 11.8 Å². The number of rotatable bonds is 2. The van der Waals surface area contributed by atoms with E-state index < -0.39 is 0 Å². The van der Waals surface area contributed by atoms with Gasteiger partial charge in [0.15, 0.2) is 0 Å². The van der Waals surface area contributed by atoms with Crippen LogP contribution in [0.1, 0.15) is 0 Å². The molecule has 0 atom stereocenters. The zero-order valence-corrected chi connectivity index (χ0v) is 21.3. The normalized spacial score (nSPS) is 12.3. The van der Waals surface area contributed by atoms with Crippen LogP contribution in [0.15, 0.2) is 143 Å². The zero-order valence-electron chi connectivity index (χ0n) is 20.5. The molecule has 1 heterocycles. The van der Waals surface area contributed by atoms with Gasteiger partial charge in [0.05, 0.1) is 9.79 Å². The van der Waals surface area contributed by atoms with Crippen LogP contribution >= 0.6 is 11.8 Å². The highest BCUT2D eigenvalue weighted by atomic mass is 32.2. The number of benzene rings is 7. The first kappa shape index (κ1) is 21.5. The summed E-state index contributed by atoms with van der Waals surface area (Å²) < 4.78 is 6.15. The molecular weight excluding hydrogens is 480 g/mol. The summed E-state index contributed by atoms with van der Waals surface area (Å²) in [7, 11) is 0. The van der Waals surface area contributed by atoms with Crippen LogP contribution in [0.4, 0.5) is 0 Å². The van der Waals surface area contributed by atoms with E-state index in [-0.39, 0.29) is 0 Å². The zero-order chi connectivity index (χ0) is 25.1. The predicted molar refractivity (Wildman–Crippen MR) is 160 cm³/mol. The Labute approximate surface area is 225 Å². The molecule has 0 N–H and O–H groups in total. The molecule has 7 aromatic rings. The van der Waals surface area contributed by atoms with Crippen molar-refractivity contribution < 1.29 is 4.74 Å². The molecule has 7 aromatic carbocycles. The first-order chi connectivity index (χ1) is 18.8. The van der Waals surface area contributed by atoms with E-state index in [2.05, 4.69) is 121 Å². The van der Waals surface area contributed by atoms with E-state index in [1.165, 1.54) is 54.6 Å². The minimum Gasteiger partial charge on any atom is -0.455 e. The molecule has 2 heteroatoms. The minimum absolute atomic E-state index is 0.919. The molecule has 0 spiro atoms. The molecule has 0 fully saturated rings. The monoisotopic (exact) mass is 502 g/mol.